The number of nitrogens with zero attached hydrogens (tertiary/aromatic N) is 1. The summed E-state index contributed by atoms with van der Waals surface area (Å²) in [5.41, 5.74) is 6.56. The van der Waals surface area contributed by atoms with Crippen LogP contribution >= 0.6 is 11.6 Å². The van der Waals surface area contributed by atoms with Crippen molar-refractivity contribution < 1.29 is 0 Å². The van der Waals surface area contributed by atoms with Gasteiger partial charge in [-0.05, 0) is 11.6 Å². The van der Waals surface area contributed by atoms with Gasteiger partial charge in [0.15, 0.2) is 0 Å². The molecule has 1 heterocycles. The Labute approximate surface area is 70.7 Å². The number of hydrogen-bond donors (Lipinski definition) is 1. The molecular weight excluding hydrogens is 160 g/mol. The van der Waals surface area contributed by atoms with Gasteiger partial charge in [-0.3, -0.25) is 0 Å². The average molecular weight is 169 g/mol. The van der Waals surface area contributed by atoms with E-state index in [-0.39, 0.29) is 6.04 Å². The van der Waals surface area contributed by atoms with Gasteiger partial charge in [0.05, 0.1) is 0 Å². The summed E-state index contributed by atoms with van der Waals surface area (Å²) in [6.45, 7) is 3.57. The number of nitrogens with two attached hydrogens (primary N) is 1. The minimum atomic E-state index is -0.153. The van der Waals surface area contributed by atoms with Crippen molar-refractivity contribution in [2.24, 2.45) is 5.73 Å². The predicted molar refractivity (Wildman–Crippen MR) is 46.4 cm³/mol. The highest BCUT2D eigenvalue weighted by molar-refractivity contribution is 6.29. The lowest BCUT2D eigenvalue weighted by Crippen LogP contribution is -2.06. The Morgan fingerprint density at radius 2 is 2.36 bits per heavy atom. The molecule has 3 heteroatoms. The molecule has 0 aliphatic heterocycles. The van der Waals surface area contributed by atoms with Crippen molar-refractivity contribution in [3.8, 4) is 0 Å². The maximum atomic E-state index is 5.64. The second kappa shape index (κ2) is 3.51. The van der Waals surface area contributed by atoms with Gasteiger partial charge in [0, 0.05) is 12.2 Å². The Bertz CT molecular complexity index is 243. The molecule has 1 rings (SSSR count). The minimum absolute atomic E-state index is 0.153. The second-order valence-electron chi connectivity index (χ2n) is 2.18. The topological polar surface area (TPSA) is 38.9 Å². The van der Waals surface area contributed by atoms with Gasteiger partial charge in [-0.15, -0.1) is 6.58 Å². The van der Waals surface area contributed by atoms with Crippen LogP contribution in [0.25, 0.3) is 0 Å². The van der Waals surface area contributed by atoms with Gasteiger partial charge in [0.25, 0.3) is 0 Å². The summed E-state index contributed by atoms with van der Waals surface area (Å²) in [6, 6.07) is 3.39. The van der Waals surface area contributed by atoms with E-state index in [0.717, 1.165) is 5.56 Å². The molecule has 0 saturated carbocycles. The lowest BCUT2D eigenvalue weighted by molar-refractivity contribution is 0.904. The molecule has 1 aromatic rings. The second-order valence-corrected chi connectivity index (χ2v) is 2.56. The van der Waals surface area contributed by atoms with E-state index >= 15 is 0 Å². The van der Waals surface area contributed by atoms with Gasteiger partial charge in [-0.1, -0.05) is 23.7 Å². The van der Waals surface area contributed by atoms with E-state index in [0.29, 0.717) is 5.15 Å². The number of rotatable bonds is 2. The summed E-state index contributed by atoms with van der Waals surface area (Å²) in [5, 5.41) is 0.477. The van der Waals surface area contributed by atoms with E-state index in [1.807, 2.05) is 6.07 Å². The zero-order valence-corrected chi connectivity index (χ0v) is 6.75. The molecule has 0 unspecified atom stereocenters. The molecule has 1 atom stereocenters. The highest BCUT2D eigenvalue weighted by Gasteiger charge is 1.99. The molecule has 0 bridgehead atoms. The van der Waals surface area contributed by atoms with Crippen LogP contribution in [0.2, 0.25) is 5.15 Å². The van der Waals surface area contributed by atoms with Gasteiger partial charge in [-0.2, -0.15) is 0 Å². The minimum Gasteiger partial charge on any atom is -0.321 e. The van der Waals surface area contributed by atoms with Crippen LogP contribution in [0.15, 0.2) is 31.0 Å². The molecular formula is C8H9ClN2. The summed E-state index contributed by atoms with van der Waals surface area (Å²) in [7, 11) is 0. The van der Waals surface area contributed by atoms with Crippen LogP contribution in [-0.4, -0.2) is 4.98 Å². The Hall–Kier alpha value is -0.860. The molecule has 2 nitrogen and oxygen atoms in total. The van der Waals surface area contributed by atoms with Crippen molar-refractivity contribution in [2.75, 3.05) is 0 Å². The number of hydrogen-bond acceptors (Lipinski definition) is 2. The number of pyridine rings is 1. The van der Waals surface area contributed by atoms with Gasteiger partial charge in [0.2, 0.25) is 0 Å². The molecule has 11 heavy (non-hydrogen) atoms. The van der Waals surface area contributed by atoms with E-state index in [1.165, 1.54) is 0 Å². The highest BCUT2D eigenvalue weighted by Crippen LogP contribution is 2.11. The lowest BCUT2D eigenvalue weighted by Gasteiger charge is -2.04. The van der Waals surface area contributed by atoms with Crippen LogP contribution in [0.3, 0.4) is 0 Å². The first kappa shape index (κ1) is 8.24. The summed E-state index contributed by atoms with van der Waals surface area (Å²) in [6.07, 6.45) is 3.31. The van der Waals surface area contributed by atoms with Crippen LogP contribution in [0.4, 0.5) is 0 Å². The van der Waals surface area contributed by atoms with E-state index in [2.05, 4.69) is 11.6 Å². The molecule has 0 amide bonds. The predicted octanol–water partition coefficient (Wildman–Crippen LogP) is 1.92. The summed E-state index contributed by atoms with van der Waals surface area (Å²) >= 11 is 5.58. The smallest absolute Gasteiger partial charge is 0.129 e. The molecule has 0 saturated heterocycles. The van der Waals surface area contributed by atoms with Crippen LogP contribution < -0.4 is 5.73 Å². The Morgan fingerprint density at radius 3 is 2.82 bits per heavy atom. The quantitative estimate of drug-likeness (QED) is 0.541. The van der Waals surface area contributed by atoms with Gasteiger partial charge >= 0.3 is 0 Å². The first-order valence-electron chi connectivity index (χ1n) is 3.23. The van der Waals surface area contributed by atoms with E-state index in [1.54, 1.807) is 18.3 Å². The molecule has 0 spiro atoms. The third-order valence-electron chi connectivity index (χ3n) is 1.39. The zero-order valence-electron chi connectivity index (χ0n) is 6.00. The normalized spacial score (nSPS) is 12.5. The van der Waals surface area contributed by atoms with E-state index in [4.69, 9.17) is 17.3 Å². The third-order valence-corrected chi connectivity index (χ3v) is 1.61. The first-order valence-corrected chi connectivity index (χ1v) is 3.61. The average Bonchev–Trinajstić information content (AvgIpc) is 2.05. The van der Waals surface area contributed by atoms with Crippen molar-refractivity contribution in [3.63, 3.8) is 0 Å². The molecule has 0 radical (unpaired) electrons. The highest BCUT2D eigenvalue weighted by atomic mass is 35.5. The summed E-state index contributed by atoms with van der Waals surface area (Å²) in [5.74, 6) is 0. The fourth-order valence-electron chi connectivity index (χ4n) is 0.721. The van der Waals surface area contributed by atoms with Crippen molar-refractivity contribution in [1.29, 1.82) is 0 Å². The maximum absolute atomic E-state index is 5.64. The summed E-state index contributed by atoms with van der Waals surface area (Å²) < 4.78 is 0. The van der Waals surface area contributed by atoms with Gasteiger partial charge < -0.3 is 5.73 Å². The Morgan fingerprint density at radius 1 is 1.64 bits per heavy atom. The number of aromatic nitrogens is 1. The standard InChI is InChI=1S/C8H9ClN2/c1-2-7(10)6-3-4-8(9)11-5-6/h2-5,7H,1,10H2/t7-/m0/s1. The van der Waals surface area contributed by atoms with Crippen molar-refractivity contribution in [3.05, 3.63) is 41.7 Å². The van der Waals surface area contributed by atoms with Crippen molar-refractivity contribution >= 4 is 11.6 Å². The van der Waals surface area contributed by atoms with Crippen molar-refractivity contribution in [2.45, 2.75) is 6.04 Å². The van der Waals surface area contributed by atoms with Gasteiger partial charge in [-0.25, -0.2) is 4.98 Å². The molecule has 2 N–H and O–H groups in total. The Balaban J connectivity index is 2.89. The summed E-state index contributed by atoms with van der Waals surface area (Å²) in [4.78, 5) is 3.89. The SMILES string of the molecule is C=C[C@H](N)c1ccc(Cl)nc1. The van der Waals surface area contributed by atoms with Crippen LogP contribution in [0.5, 0.6) is 0 Å². The molecule has 1 aromatic heterocycles. The molecule has 0 fully saturated rings. The van der Waals surface area contributed by atoms with Crippen LogP contribution in [0, 0.1) is 0 Å². The third kappa shape index (κ3) is 2.03. The molecule has 0 aromatic carbocycles. The van der Waals surface area contributed by atoms with Crippen LogP contribution in [0.1, 0.15) is 11.6 Å². The molecule has 0 aliphatic rings. The fourth-order valence-corrected chi connectivity index (χ4v) is 0.832. The lowest BCUT2D eigenvalue weighted by atomic mass is 10.1. The van der Waals surface area contributed by atoms with E-state index in [9.17, 15) is 0 Å². The molecule has 58 valence electrons. The Kier molecular flexibility index (Phi) is 2.63. The zero-order chi connectivity index (χ0) is 8.27. The fraction of sp³-hybridized carbons (Fsp3) is 0.125. The molecule has 0 aliphatic carbocycles. The van der Waals surface area contributed by atoms with E-state index < -0.39 is 0 Å². The van der Waals surface area contributed by atoms with Crippen LogP contribution in [-0.2, 0) is 0 Å². The number of halogens is 1. The maximum Gasteiger partial charge on any atom is 0.129 e. The monoisotopic (exact) mass is 168 g/mol. The first-order chi connectivity index (χ1) is 5.24. The van der Waals surface area contributed by atoms with Gasteiger partial charge in [0.1, 0.15) is 5.15 Å². The largest absolute Gasteiger partial charge is 0.321 e. The van der Waals surface area contributed by atoms with Crippen molar-refractivity contribution in [1.82, 2.24) is 4.98 Å².